The first kappa shape index (κ1) is 14.2. The zero-order valence-electron chi connectivity index (χ0n) is 10.7. The Morgan fingerprint density at radius 1 is 1.14 bits per heavy atom. The van der Waals surface area contributed by atoms with Crippen molar-refractivity contribution in [3.05, 3.63) is 58.5 Å². The quantitative estimate of drug-likeness (QED) is 0.745. The van der Waals surface area contributed by atoms with Crippen LogP contribution in [-0.2, 0) is 0 Å². The molecule has 4 N–H and O–H groups in total. The van der Waals surface area contributed by atoms with E-state index in [0.717, 1.165) is 0 Å². The van der Waals surface area contributed by atoms with Gasteiger partial charge in [0.2, 0.25) is 0 Å². The summed E-state index contributed by atoms with van der Waals surface area (Å²) in [6.07, 6.45) is 0. The Kier molecular flexibility index (Phi) is 3.94. The molecular weight excluding hydrogens is 274 g/mol. The lowest BCUT2D eigenvalue weighted by Gasteiger charge is -2.10. The van der Waals surface area contributed by atoms with Crippen molar-refractivity contribution in [1.82, 2.24) is 0 Å². The molecule has 0 fully saturated rings. The summed E-state index contributed by atoms with van der Waals surface area (Å²) >= 11 is 0. The Morgan fingerprint density at radius 3 is 2.48 bits per heavy atom. The van der Waals surface area contributed by atoms with Crippen LogP contribution in [-0.4, -0.2) is 16.9 Å². The van der Waals surface area contributed by atoms with E-state index in [0.29, 0.717) is 0 Å². The maximum atomic E-state index is 12.1. The number of carbonyl (C=O) groups is 2. The Labute approximate surface area is 119 Å². The topological polar surface area (TPSA) is 122 Å². The molecular formula is C14H11N3O4. The predicted molar refractivity (Wildman–Crippen MR) is 76.5 cm³/mol. The summed E-state index contributed by atoms with van der Waals surface area (Å²) in [6, 6.07) is 9.76. The fraction of sp³-hybridized carbons (Fsp3) is 0. The van der Waals surface area contributed by atoms with Crippen molar-refractivity contribution in [2.24, 2.45) is 10.9 Å². The number of hydrogen-bond donors (Lipinski definition) is 3. The van der Waals surface area contributed by atoms with Crippen LogP contribution < -0.4 is 11.1 Å². The second-order valence-corrected chi connectivity index (χ2v) is 4.16. The van der Waals surface area contributed by atoms with E-state index in [1.165, 1.54) is 42.5 Å². The molecule has 2 aromatic rings. The van der Waals surface area contributed by atoms with Gasteiger partial charge in [0.1, 0.15) is 11.4 Å². The summed E-state index contributed by atoms with van der Waals surface area (Å²) in [5.74, 6) is -1.49. The van der Waals surface area contributed by atoms with E-state index >= 15 is 0 Å². The van der Waals surface area contributed by atoms with Crippen molar-refractivity contribution in [3.8, 4) is 5.75 Å². The lowest BCUT2D eigenvalue weighted by atomic mass is 10.1. The lowest BCUT2D eigenvalue weighted by molar-refractivity contribution is 0.100. The van der Waals surface area contributed by atoms with Gasteiger partial charge in [0.15, 0.2) is 0 Å². The van der Waals surface area contributed by atoms with Crippen LogP contribution in [0.25, 0.3) is 0 Å². The number of benzene rings is 2. The highest BCUT2D eigenvalue weighted by Gasteiger charge is 2.16. The van der Waals surface area contributed by atoms with Crippen LogP contribution in [0.3, 0.4) is 0 Å². The Hall–Kier alpha value is -3.22. The number of phenolic OH excluding ortho intramolecular Hbond substituents is 1. The maximum Gasteiger partial charge on any atom is 0.255 e. The highest BCUT2D eigenvalue weighted by Crippen LogP contribution is 2.29. The number of rotatable bonds is 4. The maximum absolute atomic E-state index is 12.1. The van der Waals surface area contributed by atoms with Crippen molar-refractivity contribution in [2.45, 2.75) is 0 Å². The second-order valence-electron chi connectivity index (χ2n) is 4.16. The minimum atomic E-state index is -0.799. The SMILES string of the molecule is NC(=O)c1cccc(N=O)c1NC(=O)c1cccc(O)c1. The van der Waals surface area contributed by atoms with Gasteiger partial charge in [-0.1, -0.05) is 12.1 Å². The molecule has 2 aromatic carbocycles. The molecule has 0 unspecified atom stereocenters. The molecule has 2 amide bonds. The summed E-state index contributed by atoms with van der Waals surface area (Å²) in [7, 11) is 0. The Morgan fingerprint density at radius 2 is 1.86 bits per heavy atom. The van der Waals surface area contributed by atoms with E-state index < -0.39 is 11.8 Å². The molecule has 7 nitrogen and oxygen atoms in total. The highest BCUT2D eigenvalue weighted by atomic mass is 16.3. The second kappa shape index (κ2) is 5.83. The fourth-order valence-electron chi connectivity index (χ4n) is 1.79. The van der Waals surface area contributed by atoms with Crippen LogP contribution in [0, 0.1) is 4.91 Å². The summed E-state index contributed by atoms with van der Waals surface area (Å²) in [5, 5.41) is 14.5. The Balaban J connectivity index is 2.41. The standard InChI is InChI=1S/C14H11N3O4/c15-13(19)10-5-2-6-11(17-21)12(10)16-14(20)8-3-1-4-9(18)7-8/h1-7,18H,(H2,15,19)(H,16,20). The van der Waals surface area contributed by atoms with E-state index in [2.05, 4.69) is 10.5 Å². The number of nitrogens with zero attached hydrogens (tertiary/aromatic N) is 1. The number of amides is 2. The summed E-state index contributed by atoms with van der Waals surface area (Å²) in [4.78, 5) is 34.2. The third kappa shape index (κ3) is 3.03. The van der Waals surface area contributed by atoms with Crippen molar-refractivity contribution in [3.63, 3.8) is 0 Å². The number of para-hydroxylation sites is 1. The zero-order chi connectivity index (χ0) is 15.4. The number of nitrogens with two attached hydrogens (primary N) is 1. The van der Waals surface area contributed by atoms with E-state index in [9.17, 15) is 19.6 Å². The first-order valence-electron chi connectivity index (χ1n) is 5.89. The number of carbonyl (C=O) groups excluding carboxylic acids is 2. The fourth-order valence-corrected chi connectivity index (χ4v) is 1.79. The van der Waals surface area contributed by atoms with Gasteiger partial charge in [0.25, 0.3) is 11.8 Å². The Bertz CT molecular complexity index is 728. The van der Waals surface area contributed by atoms with E-state index in [4.69, 9.17) is 5.73 Å². The minimum Gasteiger partial charge on any atom is -0.508 e. The third-order valence-corrected chi connectivity index (χ3v) is 2.75. The molecule has 0 aliphatic rings. The van der Waals surface area contributed by atoms with Crippen LogP contribution in [0.15, 0.2) is 47.6 Å². The van der Waals surface area contributed by atoms with Gasteiger partial charge in [0.05, 0.1) is 11.3 Å². The van der Waals surface area contributed by atoms with Crippen LogP contribution in [0.5, 0.6) is 5.75 Å². The zero-order valence-corrected chi connectivity index (χ0v) is 10.7. The molecule has 0 radical (unpaired) electrons. The van der Waals surface area contributed by atoms with Gasteiger partial charge in [-0.25, -0.2) is 0 Å². The molecule has 0 saturated carbocycles. The van der Waals surface area contributed by atoms with Gasteiger partial charge in [-0.05, 0) is 35.5 Å². The molecule has 0 atom stereocenters. The van der Waals surface area contributed by atoms with E-state index in [1.807, 2.05) is 0 Å². The summed E-state index contributed by atoms with van der Waals surface area (Å²) in [6.45, 7) is 0. The minimum absolute atomic E-state index is 0.0272. The smallest absolute Gasteiger partial charge is 0.255 e. The first-order valence-corrected chi connectivity index (χ1v) is 5.89. The molecule has 2 rings (SSSR count). The molecule has 0 aliphatic heterocycles. The number of phenols is 1. The van der Waals surface area contributed by atoms with Crippen molar-refractivity contribution >= 4 is 23.2 Å². The molecule has 0 spiro atoms. The largest absolute Gasteiger partial charge is 0.508 e. The van der Waals surface area contributed by atoms with Gasteiger partial charge >= 0.3 is 0 Å². The lowest BCUT2D eigenvalue weighted by Crippen LogP contribution is -2.18. The molecule has 0 bridgehead atoms. The average Bonchev–Trinajstić information content (AvgIpc) is 2.47. The van der Waals surface area contributed by atoms with Crippen LogP contribution in [0.2, 0.25) is 0 Å². The number of nitroso groups, excluding NO2 is 1. The summed E-state index contributed by atoms with van der Waals surface area (Å²) in [5.41, 5.74) is 5.16. The van der Waals surface area contributed by atoms with Gasteiger partial charge < -0.3 is 16.2 Å². The van der Waals surface area contributed by atoms with Crippen LogP contribution >= 0.6 is 0 Å². The van der Waals surface area contributed by atoms with Crippen molar-refractivity contribution < 1.29 is 14.7 Å². The van der Waals surface area contributed by atoms with Gasteiger partial charge in [-0.2, -0.15) is 0 Å². The number of primary amides is 1. The van der Waals surface area contributed by atoms with Crippen molar-refractivity contribution in [1.29, 1.82) is 0 Å². The first-order chi connectivity index (χ1) is 10.0. The molecule has 106 valence electrons. The van der Waals surface area contributed by atoms with Gasteiger partial charge in [-0.3, -0.25) is 9.59 Å². The number of anilines is 1. The summed E-state index contributed by atoms with van der Waals surface area (Å²) < 4.78 is 0. The predicted octanol–water partition coefficient (Wildman–Crippen LogP) is 2.14. The highest BCUT2D eigenvalue weighted by molar-refractivity contribution is 6.11. The van der Waals surface area contributed by atoms with Crippen molar-refractivity contribution in [2.75, 3.05) is 5.32 Å². The molecule has 0 saturated heterocycles. The molecule has 0 aromatic heterocycles. The third-order valence-electron chi connectivity index (χ3n) is 2.75. The average molecular weight is 285 g/mol. The van der Waals surface area contributed by atoms with Gasteiger partial charge in [-0.15, -0.1) is 4.91 Å². The molecule has 0 aliphatic carbocycles. The molecule has 7 heteroatoms. The van der Waals surface area contributed by atoms with Gasteiger partial charge in [0, 0.05) is 5.56 Å². The van der Waals surface area contributed by atoms with Crippen LogP contribution in [0.4, 0.5) is 11.4 Å². The van der Waals surface area contributed by atoms with Crippen LogP contribution in [0.1, 0.15) is 20.7 Å². The molecule has 21 heavy (non-hydrogen) atoms. The van der Waals surface area contributed by atoms with E-state index in [-0.39, 0.29) is 28.3 Å². The number of hydrogen-bond acceptors (Lipinski definition) is 5. The number of nitrogens with one attached hydrogen (secondary N) is 1. The van der Waals surface area contributed by atoms with E-state index in [1.54, 1.807) is 0 Å². The molecule has 0 heterocycles. The monoisotopic (exact) mass is 285 g/mol. The normalized spacial score (nSPS) is 9.90. The number of aromatic hydroxyl groups is 1.